The molecule has 4 N–H and O–H groups in total. The third-order valence-corrected chi connectivity index (χ3v) is 1.73. The number of rotatable bonds is 0. The summed E-state index contributed by atoms with van der Waals surface area (Å²) < 4.78 is 0. The van der Waals surface area contributed by atoms with Gasteiger partial charge in [0.15, 0.2) is 0 Å². The van der Waals surface area contributed by atoms with E-state index < -0.39 is 0 Å². The normalized spacial score (nSPS) is 38.0. The average molecular weight is 130 g/mol. The van der Waals surface area contributed by atoms with Crippen molar-refractivity contribution in [2.24, 2.45) is 5.73 Å². The third kappa shape index (κ3) is 1.93. The molecule has 0 aliphatic carbocycles. The summed E-state index contributed by atoms with van der Waals surface area (Å²) in [6.45, 7) is 1.74. The van der Waals surface area contributed by atoms with E-state index in [0.29, 0.717) is 0 Å². The molecule has 0 aromatic carbocycles. The topological polar surface area (TPSA) is 58.3 Å². The van der Waals surface area contributed by atoms with Crippen molar-refractivity contribution in [3.63, 3.8) is 0 Å². The van der Waals surface area contributed by atoms with Crippen LogP contribution in [0.5, 0.6) is 0 Å². The minimum Gasteiger partial charge on any atom is -0.391 e. The lowest BCUT2D eigenvalue weighted by Gasteiger charge is -2.13. The maximum absolute atomic E-state index is 9.19. The van der Waals surface area contributed by atoms with Crippen molar-refractivity contribution >= 4 is 0 Å². The molecule has 3 heteroatoms. The first-order chi connectivity index (χ1) is 4.30. The smallest absolute Gasteiger partial charge is 0.0704 e. The summed E-state index contributed by atoms with van der Waals surface area (Å²) in [7, 11) is 0. The highest BCUT2D eigenvalue weighted by atomic mass is 16.3. The van der Waals surface area contributed by atoms with Gasteiger partial charge in [0, 0.05) is 12.6 Å². The lowest BCUT2D eigenvalue weighted by molar-refractivity contribution is 0.141. The Morgan fingerprint density at radius 3 is 3.11 bits per heavy atom. The lowest BCUT2D eigenvalue weighted by atomic mass is 10.1. The van der Waals surface area contributed by atoms with Crippen LogP contribution in [0.3, 0.4) is 0 Å². The van der Waals surface area contributed by atoms with Crippen LogP contribution in [0, 0.1) is 0 Å². The van der Waals surface area contributed by atoms with Crippen molar-refractivity contribution in [1.29, 1.82) is 0 Å². The number of hydrogen-bond acceptors (Lipinski definition) is 3. The summed E-state index contributed by atoms with van der Waals surface area (Å²) in [5, 5.41) is 12.3. The van der Waals surface area contributed by atoms with Gasteiger partial charge in [0.1, 0.15) is 0 Å². The predicted octanol–water partition coefficient (Wildman–Crippen LogP) is -0.942. The second-order valence-electron chi connectivity index (χ2n) is 2.58. The number of nitrogens with two attached hydrogens (primary N) is 1. The van der Waals surface area contributed by atoms with Gasteiger partial charge in [0.05, 0.1) is 6.10 Å². The van der Waals surface area contributed by atoms with Gasteiger partial charge in [-0.2, -0.15) is 0 Å². The van der Waals surface area contributed by atoms with Crippen LogP contribution in [0.4, 0.5) is 0 Å². The van der Waals surface area contributed by atoms with Crippen molar-refractivity contribution in [2.45, 2.75) is 25.0 Å². The second kappa shape index (κ2) is 3.15. The van der Waals surface area contributed by atoms with Crippen LogP contribution in [-0.2, 0) is 0 Å². The zero-order valence-corrected chi connectivity index (χ0v) is 5.51. The first-order valence-electron chi connectivity index (χ1n) is 3.45. The molecule has 0 spiro atoms. The molecule has 2 atom stereocenters. The quantitative estimate of drug-likeness (QED) is 0.396. The molecule has 0 saturated carbocycles. The van der Waals surface area contributed by atoms with Gasteiger partial charge in [-0.1, -0.05) is 0 Å². The molecule has 54 valence electrons. The van der Waals surface area contributed by atoms with Gasteiger partial charge in [-0.25, -0.2) is 0 Å². The molecule has 0 amide bonds. The molecule has 0 unspecified atom stereocenters. The van der Waals surface area contributed by atoms with Crippen LogP contribution in [-0.4, -0.2) is 30.3 Å². The maximum atomic E-state index is 9.19. The molecule has 1 rings (SSSR count). The molecule has 1 heterocycles. The van der Waals surface area contributed by atoms with E-state index in [2.05, 4.69) is 5.32 Å². The van der Waals surface area contributed by atoms with Crippen molar-refractivity contribution in [1.82, 2.24) is 5.32 Å². The van der Waals surface area contributed by atoms with Crippen LogP contribution < -0.4 is 11.1 Å². The molecule has 0 bridgehead atoms. The van der Waals surface area contributed by atoms with Gasteiger partial charge < -0.3 is 16.2 Å². The number of aliphatic hydroxyl groups is 1. The number of aliphatic hydroxyl groups excluding tert-OH is 1. The van der Waals surface area contributed by atoms with Crippen molar-refractivity contribution in [3.05, 3.63) is 0 Å². The Kier molecular flexibility index (Phi) is 2.45. The fourth-order valence-electron chi connectivity index (χ4n) is 1.06. The Hall–Kier alpha value is -0.120. The second-order valence-corrected chi connectivity index (χ2v) is 2.58. The van der Waals surface area contributed by atoms with E-state index in [1.165, 1.54) is 0 Å². The van der Waals surface area contributed by atoms with Crippen molar-refractivity contribution in [2.75, 3.05) is 13.1 Å². The van der Waals surface area contributed by atoms with Gasteiger partial charge in [-0.15, -0.1) is 0 Å². The summed E-state index contributed by atoms with van der Waals surface area (Å²) in [6, 6.07) is -0.0625. The molecular weight excluding hydrogens is 116 g/mol. The minimum absolute atomic E-state index is 0.0625. The first kappa shape index (κ1) is 6.99. The van der Waals surface area contributed by atoms with Gasteiger partial charge >= 0.3 is 0 Å². The highest BCUT2D eigenvalue weighted by Gasteiger charge is 2.16. The van der Waals surface area contributed by atoms with Crippen LogP contribution in [0.25, 0.3) is 0 Å². The summed E-state index contributed by atoms with van der Waals surface area (Å²) in [4.78, 5) is 0. The van der Waals surface area contributed by atoms with E-state index in [9.17, 15) is 5.11 Å². The molecule has 1 saturated heterocycles. The Labute approximate surface area is 55.2 Å². The van der Waals surface area contributed by atoms with Gasteiger partial charge in [-0.05, 0) is 19.4 Å². The Balaban J connectivity index is 2.32. The SMILES string of the molecule is N[C@H]1CNCCC[C@H]1O. The zero-order chi connectivity index (χ0) is 6.69. The van der Waals surface area contributed by atoms with Crippen LogP contribution in [0.1, 0.15) is 12.8 Å². The lowest BCUT2D eigenvalue weighted by Crippen LogP contribution is -2.40. The van der Waals surface area contributed by atoms with Crippen molar-refractivity contribution in [3.8, 4) is 0 Å². The highest BCUT2D eigenvalue weighted by molar-refractivity contribution is 4.77. The van der Waals surface area contributed by atoms with E-state index in [1.807, 2.05) is 0 Å². The standard InChI is InChI=1S/C6H14N2O/c7-5-4-8-3-1-2-6(5)9/h5-6,8-9H,1-4,7H2/t5-,6+/m0/s1. The number of nitrogens with one attached hydrogen (secondary N) is 1. The summed E-state index contributed by atoms with van der Waals surface area (Å²) in [6.07, 6.45) is 1.59. The molecule has 0 radical (unpaired) electrons. The van der Waals surface area contributed by atoms with E-state index in [4.69, 9.17) is 5.73 Å². The Morgan fingerprint density at radius 2 is 2.33 bits per heavy atom. The first-order valence-corrected chi connectivity index (χ1v) is 3.45. The van der Waals surface area contributed by atoms with E-state index in [-0.39, 0.29) is 12.1 Å². The number of hydrogen-bond donors (Lipinski definition) is 3. The molecule has 0 aromatic heterocycles. The van der Waals surface area contributed by atoms with Crippen LogP contribution in [0.2, 0.25) is 0 Å². The monoisotopic (exact) mass is 130 g/mol. The van der Waals surface area contributed by atoms with Gasteiger partial charge in [0.2, 0.25) is 0 Å². The molecule has 1 aliphatic rings. The van der Waals surface area contributed by atoms with Crippen molar-refractivity contribution < 1.29 is 5.11 Å². The fraction of sp³-hybridized carbons (Fsp3) is 1.00. The van der Waals surface area contributed by atoms with E-state index in [1.54, 1.807) is 0 Å². The highest BCUT2D eigenvalue weighted by Crippen LogP contribution is 2.02. The fourth-order valence-corrected chi connectivity index (χ4v) is 1.06. The Bertz CT molecular complexity index is 77.1. The third-order valence-electron chi connectivity index (χ3n) is 1.73. The maximum Gasteiger partial charge on any atom is 0.0704 e. The summed E-state index contributed by atoms with van der Waals surface area (Å²) >= 11 is 0. The van der Waals surface area contributed by atoms with Gasteiger partial charge in [0.25, 0.3) is 0 Å². The molecule has 1 fully saturated rings. The Morgan fingerprint density at radius 1 is 1.56 bits per heavy atom. The predicted molar refractivity (Wildman–Crippen MR) is 36.1 cm³/mol. The minimum atomic E-state index is -0.292. The average Bonchev–Trinajstić information content (AvgIpc) is 1.99. The zero-order valence-electron chi connectivity index (χ0n) is 5.51. The molecule has 1 aliphatic heterocycles. The van der Waals surface area contributed by atoms with Crippen LogP contribution >= 0.6 is 0 Å². The molecule has 9 heavy (non-hydrogen) atoms. The van der Waals surface area contributed by atoms with Gasteiger partial charge in [-0.3, -0.25) is 0 Å². The van der Waals surface area contributed by atoms with E-state index >= 15 is 0 Å². The molecular formula is C6H14N2O. The summed E-state index contributed by atoms with van der Waals surface area (Å²) in [5.74, 6) is 0. The molecule has 3 nitrogen and oxygen atoms in total. The summed E-state index contributed by atoms with van der Waals surface area (Å²) in [5.41, 5.74) is 5.57. The largest absolute Gasteiger partial charge is 0.391 e. The van der Waals surface area contributed by atoms with E-state index in [0.717, 1.165) is 25.9 Å². The molecule has 0 aromatic rings. The van der Waals surface area contributed by atoms with Crippen LogP contribution in [0.15, 0.2) is 0 Å².